The van der Waals surface area contributed by atoms with Gasteiger partial charge >= 0.3 is 0 Å². The summed E-state index contributed by atoms with van der Waals surface area (Å²) in [5.74, 6) is 0. The highest BCUT2D eigenvalue weighted by Crippen LogP contribution is 2.47. The maximum absolute atomic E-state index is 6.43. The first kappa shape index (κ1) is 27.1. The van der Waals surface area contributed by atoms with E-state index in [1.54, 1.807) is 0 Å². The third-order valence-electron chi connectivity index (χ3n) is 11.0. The first-order valence-electron chi connectivity index (χ1n) is 17.5. The van der Waals surface area contributed by atoms with Gasteiger partial charge in [0.2, 0.25) is 0 Å². The van der Waals surface area contributed by atoms with Crippen molar-refractivity contribution in [3.05, 3.63) is 164 Å². The maximum Gasteiger partial charge on any atom is 0.252 e. The van der Waals surface area contributed by atoms with Gasteiger partial charge in [-0.05, 0) is 100.0 Å². The van der Waals surface area contributed by atoms with Gasteiger partial charge in [0.15, 0.2) is 0 Å². The predicted octanol–water partition coefficient (Wildman–Crippen LogP) is 10.7. The van der Waals surface area contributed by atoms with Crippen LogP contribution >= 0.6 is 0 Å². The van der Waals surface area contributed by atoms with Crippen molar-refractivity contribution in [2.45, 2.75) is 0 Å². The fourth-order valence-corrected chi connectivity index (χ4v) is 8.90. The normalized spacial score (nSPS) is 13.4. The molecule has 8 aromatic carbocycles. The molecule has 51 heavy (non-hydrogen) atoms. The van der Waals surface area contributed by atoms with Gasteiger partial charge in [0.05, 0.1) is 11.1 Å². The van der Waals surface area contributed by atoms with Gasteiger partial charge in [0.25, 0.3) is 6.71 Å². The third-order valence-corrected chi connectivity index (χ3v) is 11.0. The summed E-state index contributed by atoms with van der Waals surface area (Å²) in [6.07, 6.45) is 0. The number of nitrogens with zero attached hydrogens (tertiary/aromatic N) is 2. The van der Waals surface area contributed by atoms with Crippen molar-refractivity contribution in [1.82, 2.24) is 0 Å². The smallest absolute Gasteiger partial charge is 0.252 e. The second kappa shape index (κ2) is 9.93. The molecule has 0 aliphatic carbocycles. The Kier molecular flexibility index (Phi) is 5.29. The molecular weight excluding hydrogens is 623 g/mol. The number of para-hydroxylation sites is 3. The zero-order valence-electron chi connectivity index (χ0n) is 27.4. The van der Waals surface area contributed by atoms with Crippen LogP contribution in [0.15, 0.2) is 173 Å². The van der Waals surface area contributed by atoms with E-state index in [0.717, 1.165) is 55.3 Å². The van der Waals surface area contributed by atoms with Gasteiger partial charge in [-0.15, -0.1) is 0 Å². The molecule has 12 rings (SSSR count). The van der Waals surface area contributed by atoms with Crippen molar-refractivity contribution in [2.24, 2.45) is 0 Å². The molecule has 0 fully saturated rings. The van der Waals surface area contributed by atoms with Crippen molar-refractivity contribution in [1.29, 1.82) is 0 Å². The minimum Gasteiger partial charge on any atom is -0.456 e. The van der Waals surface area contributed by atoms with Gasteiger partial charge in [-0.2, -0.15) is 0 Å². The Morgan fingerprint density at radius 3 is 1.78 bits per heavy atom. The summed E-state index contributed by atoms with van der Waals surface area (Å²) >= 11 is 0. The zero-order chi connectivity index (χ0) is 33.2. The Labute approximate surface area is 293 Å². The minimum atomic E-state index is 0.0706. The van der Waals surface area contributed by atoms with Crippen molar-refractivity contribution in [3.63, 3.8) is 0 Å². The monoisotopic (exact) mass is 650 g/mol. The molecular formula is C46H27BN2O2. The average Bonchev–Trinajstić information content (AvgIpc) is 3.74. The molecule has 236 valence electrons. The van der Waals surface area contributed by atoms with Crippen LogP contribution < -0.4 is 26.2 Å². The van der Waals surface area contributed by atoms with E-state index in [-0.39, 0.29) is 6.71 Å². The van der Waals surface area contributed by atoms with Crippen LogP contribution in [0.25, 0.3) is 54.6 Å². The van der Waals surface area contributed by atoms with Crippen LogP contribution in [0.5, 0.6) is 0 Å². The Morgan fingerprint density at radius 2 is 0.941 bits per heavy atom. The largest absolute Gasteiger partial charge is 0.456 e. The lowest BCUT2D eigenvalue weighted by Crippen LogP contribution is -2.61. The fraction of sp³-hybridized carbons (Fsp3) is 0. The molecule has 0 unspecified atom stereocenters. The number of hydrogen-bond donors (Lipinski definition) is 0. The molecule has 0 radical (unpaired) electrons. The van der Waals surface area contributed by atoms with E-state index < -0.39 is 0 Å². The number of fused-ring (bicyclic) bond motifs is 11. The van der Waals surface area contributed by atoms with E-state index in [4.69, 9.17) is 8.83 Å². The molecule has 2 aliphatic heterocycles. The number of anilines is 6. The van der Waals surface area contributed by atoms with E-state index in [9.17, 15) is 0 Å². The Morgan fingerprint density at radius 1 is 0.373 bits per heavy atom. The third kappa shape index (κ3) is 3.64. The molecule has 0 bridgehead atoms. The quantitative estimate of drug-likeness (QED) is 0.174. The second-order valence-electron chi connectivity index (χ2n) is 13.7. The summed E-state index contributed by atoms with van der Waals surface area (Å²) in [6, 6.07) is 58.9. The highest BCUT2D eigenvalue weighted by atomic mass is 16.3. The molecule has 0 saturated carbocycles. The molecule has 4 nitrogen and oxygen atoms in total. The van der Waals surface area contributed by atoms with Crippen LogP contribution in [0.4, 0.5) is 34.1 Å². The van der Waals surface area contributed by atoms with Crippen LogP contribution in [-0.2, 0) is 0 Å². The lowest BCUT2D eigenvalue weighted by molar-refractivity contribution is 0.669. The topological polar surface area (TPSA) is 32.8 Å². The van der Waals surface area contributed by atoms with Crippen molar-refractivity contribution >= 4 is 112 Å². The van der Waals surface area contributed by atoms with Crippen molar-refractivity contribution in [2.75, 3.05) is 9.80 Å². The highest BCUT2D eigenvalue weighted by Gasteiger charge is 2.43. The summed E-state index contributed by atoms with van der Waals surface area (Å²) in [4.78, 5) is 4.91. The molecule has 0 N–H and O–H groups in total. The summed E-state index contributed by atoms with van der Waals surface area (Å²) in [5, 5.41) is 6.87. The van der Waals surface area contributed by atoms with Gasteiger partial charge in [0, 0.05) is 44.6 Å². The van der Waals surface area contributed by atoms with Crippen LogP contribution in [-0.4, -0.2) is 6.71 Å². The Hall–Kier alpha value is -6.72. The van der Waals surface area contributed by atoms with E-state index in [2.05, 4.69) is 168 Å². The number of benzene rings is 8. The predicted molar refractivity (Wildman–Crippen MR) is 213 cm³/mol. The maximum atomic E-state index is 6.43. The van der Waals surface area contributed by atoms with Gasteiger partial charge in [-0.1, -0.05) is 91.0 Å². The van der Waals surface area contributed by atoms with E-state index in [0.29, 0.717) is 0 Å². The van der Waals surface area contributed by atoms with E-state index in [1.807, 2.05) is 6.07 Å². The molecule has 0 saturated heterocycles. The van der Waals surface area contributed by atoms with Crippen LogP contribution in [0.1, 0.15) is 0 Å². The molecule has 4 heterocycles. The molecule has 0 amide bonds. The lowest BCUT2D eigenvalue weighted by Gasteiger charge is -2.44. The fourth-order valence-electron chi connectivity index (χ4n) is 8.90. The summed E-state index contributed by atoms with van der Waals surface area (Å²) < 4.78 is 12.8. The molecule has 0 spiro atoms. The zero-order valence-corrected chi connectivity index (χ0v) is 27.4. The summed E-state index contributed by atoms with van der Waals surface area (Å²) in [5.41, 5.74) is 14.4. The molecule has 5 heteroatoms. The molecule has 2 aliphatic rings. The first-order chi connectivity index (χ1) is 25.3. The summed E-state index contributed by atoms with van der Waals surface area (Å²) in [6.45, 7) is 0.0706. The number of hydrogen-bond acceptors (Lipinski definition) is 4. The van der Waals surface area contributed by atoms with Gasteiger partial charge in [0.1, 0.15) is 22.3 Å². The second-order valence-corrected chi connectivity index (χ2v) is 13.7. The van der Waals surface area contributed by atoms with Crippen molar-refractivity contribution < 1.29 is 8.83 Å². The van der Waals surface area contributed by atoms with Gasteiger partial charge in [-0.3, -0.25) is 0 Å². The lowest BCUT2D eigenvalue weighted by atomic mass is 9.33. The average molecular weight is 651 g/mol. The number of rotatable bonds is 2. The van der Waals surface area contributed by atoms with Gasteiger partial charge in [-0.25, -0.2) is 0 Å². The van der Waals surface area contributed by atoms with E-state index in [1.165, 1.54) is 49.9 Å². The Balaban J connectivity index is 1.13. The number of furan rings is 2. The molecule has 2 aromatic heterocycles. The van der Waals surface area contributed by atoms with Crippen LogP contribution in [0.2, 0.25) is 0 Å². The van der Waals surface area contributed by atoms with Crippen molar-refractivity contribution in [3.8, 4) is 0 Å². The van der Waals surface area contributed by atoms with E-state index >= 15 is 0 Å². The SMILES string of the molecule is c1ccc2c(c1)B1c3ccccc3N(c3cccc4oc5ccccc5c34)c3cccc(c31)N2c1ccc2oc3cc4ccccc4cc3c2c1. The van der Waals surface area contributed by atoms with Crippen LogP contribution in [0.3, 0.4) is 0 Å². The highest BCUT2D eigenvalue weighted by molar-refractivity contribution is 7.00. The molecule has 10 aromatic rings. The van der Waals surface area contributed by atoms with Gasteiger partial charge < -0.3 is 18.6 Å². The molecule has 0 atom stereocenters. The van der Waals surface area contributed by atoms with Crippen LogP contribution in [0, 0.1) is 0 Å². The Bertz CT molecular complexity index is 3080. The summed E-state index contributed by atoms with van der Waals surface area (Å²) in [7, 11) is 0. The standard InChI is InChI=1S/C46H27BN2O2/c1-2-12-29-26-44-32(25-28(29)11-1)33-27-30(23-24-42(33)51-44)48-36-16-6-4-14-34(36)47-35-15-5-7-17-37(35)49(40-20-9-19-39(48)46(40)47)38-18-10-22-43-45(38)31-13-3-8-21-41(31)50-43/h1-27H. The first-order valence-corrected chi connectivity index (χ1v) is 17.5. The minimum absolute atomic E-state index is 0.0706.